The Morgan fingerprint density at radius 3 is 2.03 bits per heavy atom. The number of aromatic nitrogens is 1. The number of benzene rings is 4. The number of hydrogen-bond donors (Lipinski definition) is 0. The summed E-state index contributed by atoms with van der Waals surface area (Å²) in [5.74, 6) is 0. The Morgan fingerprint density at radius 1 is 0.703 bits per heavy atom. The van der Waals surface area contributed by atoms with Crippen LogP contribution in [0.2, 0.25) is 0 Å². The molecule has 1 aliphatic rings. The van der Waals surface area contributed by atoms with Gasteiger partial charge in [-0.3, -0.25) is 4.98 Å². The predicted molar refractivity (Wildman–Crippen MR) is 159 cm³/mol. The molecule has 0 amide bonds. The Hall–Kier alpha value is -3.78. The Kier molecular flexibility index (Phi) is 5.43. The van der Waals surface area contributed by atoms with Gasteiger partial charge < -0.3 is 4.57 Å². The largest absolute Gasteiger partial charge is 0.309 e. The lowest BCUT2D eigenvalue weighted by Gasteiger charge is -2.20. The van der Waals surface area contributed by atoms with Crippen LogP contribution in [0.15, 0.2) is 115 Å². The van der Waals surface area contributed by atoms with Crippen LogP contribution < -0.4 is 15.9 Å². The summed E-state index contributed by atoms with van der Waals surface area (Å²) in [6.45, 7) is 0. The molecule has 6 aromatic rings. The lowest BCUT2D eigenvalue weighted by atomic mass is 9.96. The minimum absolute atomic E-state index is 0.835. The number of nitrogens with zero attached hydrogens (tertiary/aromatic N) is 1. The van der Waals surface area contributed by atoms with Gasteiger partial charge in [-0.15, -0.1) is 11.3 Å². The third-order valence-corrected chi connectivity index (χ3v) is 11.5. The predicted octanol–water partition coefficient (Wildman–Crippen LogP) is 7.72. The highest BCUT2D eigenvalue weighted by Crippen LogP contribution is 2.45. The number of hydrogen-bond acceptors (Lipinski definition) is 3. The molecular weight excluding hydrogens is 489 g/mol. The first kappa shape index (κ1) is 22.4. The normalized spacial score (nSPS) is 13.2. The van der Waals surface area contributed by atoms with Crippen LogP contribution >= 0.6 is 18.5 Å². The molecule has 37 heavy (non-hydrogen) atoms. The summed E-state index contributed by atoms with van der Waals surface area (Å²) in [7, 11) is -3.01. The minimum atomic E-state index is -3.01. The number of allylic oxidation sites excluding steroid dienone is 1. The van der Waals surface area contributed by atoms with E-state index in [1.807, 2.05) is 84.1 Å². The Morgan fingerprint density at radius 2 is 1.32 bits per heavy atom. The van der Waals surface area contributed by atoms with Gasteiger partial charge in [0.2, 0.25) is 0 Å². The lowest BCUT2D eigenvalue weighted by molar-refractivity contribution is 0.592. The van der Waals surface area contributed by atoms with Crippen molar-refractivity contribution < 1.29 is 4.57 Å². The molecule has 2 heterocycles. The van der Waals surface area contributed by atoms with Crippen LogP contribution in [0.3, 0.4) is 0 Å². The molecule has 0 unspecified atom stereocenters. The fraction of sp³-hybridized carbons (Fsp3) is 0.0606. The highest BCUT2D eigenvalue weighted by atomic mass is 32.1. The molecule has 0 atom stereocenters. The molecule has 4 aromatic carbocycles. The van der Waals surface area contributed by atoms with Gasteiger partial charge in [-0.1, -0.05) is 115 Å². The van der Waals surface area contributed by atoms with Crippen LogP contribution in [0.1, 0.15) is 17.7 Å². The lowest BCUT2D eigenvalue weighted by Crippen LogP contribution is -2.24. The van der Waals surface area contributed by atoms with Crippen LogP contribution in [0.5, 0.6) is 0 Å². The molecule has 0 spiro atoms. The van der Waals surface area contributed by atoms with Gasteiger partial charge in [-0.05, 0) is 18.9 Å². The van der Waals surface area contributed by atoms with E-state index in [2.05, 4.69) is 48.6 Å². The third-order valence-electron chi connectivity index (χ3n) is 7.21. The highest BCUT2D eigenvalue weighted by molar-refractivity contribution is 7.85. The zero-order valence-electron chi connectivity index (χ0n) is 20.2. The summed E-state index contributed by atoms with van der Waals surface area (Å²) < 4.78 is 17.3. The van der Waals surface area contributed by atoms with E-state index in [1.54, 1.807) is 0 Å². The molecular formula is C33H24NOPS. The van der Waals surface area contributed by atoms with Crippen LogP contribution in [0.25, 0.3) is 37.5 Å². The molecule has 0 bridgehead atoms. The van der Waals surface area contributed by atoms with Crippen molar-refractivity contribution in [2.75, 3.05) is 0 Å². The molecule has 0 radical (unpaired) electrons. The first-order valence-corrected chi connectivity index (χ1v) is 15.1. The fourth-order valence-electron chi connectivity index (χ4n) is 5.41. The monoisotopic (exact) mass is 513 g/mol. The van der Waals surface area contributed by atoms with E-state index in [-0.39, 0.29) is 0 Å². The molecule has 178 valence electrons. The average molecular weight is 514 g/mol. The number of thiophene rings is 1. The van der Waals surface area contributed by atoms with Gasteiger partial charge >= 0.3 is 0 Å². The number of fused-ring (bicyclic) bond motifs is 5. The number of pyridine rings is 1. The Labute approximate surface area is 220 Å². The Bertz CT molecular complexity index is 1790. The van der Waals surface area contributed by atoms with E-state index >= 15 is 0 Å². The molecule has 0 N–H and O–H groups in total. The maximum absolute atomic E-state index is 14.8. The zero-order valence-corrected chi connectivity index (χ0v) is 21.9. The van der Waals surface area contributed by atoms with Crippen molar-refractivity contribution in [3.05, 3.63) is 127 Å². The minimum Gasteiger partial charge on any atom is -0.309 e. The molecule has 7 rings (SSSR count). The topological polar surface area (TPSA) is 30.0 Å². The maximum Gasteiger partial charge on any atom is 0.171 e. The van der Waals surface area contributed by atoms with Gasteiger partial charge in [0.05, 0.1) is 10.4 Å². The van der Waals surface area contributed by atoms with Crippen molar-refractivity contribution in [3.8, 4) is 11.3 Å². The summed E-state index contributed by atoms with van der Waals surface area (Å²) in [4.78, 5) is 5.21. The first-order valence-electron chi connectivity index (χ1n) is 12.6. The second-order valence-electron chi connectivity index (χ2n) is 9.39. The summed E-state index contributed by atoms with van der Waals surface area (Å²) in [5.41, 5.74) is 4.50. The first-order chi connectivity index (χ1) is 18.2. The average Bonchev–Trinajstić information content (AvgIpc) is 3.37. The van der Waals surface area contributed by atoms with E-state index < -0.39 is 7.14 Å². The molecule has 0 saturated heterocycles. The quantitative estimate of drug-likeness (QED) is 0.226. The fourth-order valence-corrected chi connectivity index (χ4v) is 9.29. The second kappa shape index (κ2) is 8.95. The van der Waals surface area contributed by atoms with E-state index in [9.17, 15) is 4.57 Å². The number of rotatable bonds is 4. The van der Waals surface area contributed by atoms with Gasteiger partial charge in [0.25, 0.3) is 0 Å². The molecule has 1 aliphatic carbocycles. The molecule has 0 saturated carbocycles. The molecule has 0 aliphatic heterocycles. The van der Waals surface area contributed by atoms with E-state index in [0.29, 0.717) is 0 Å². The van der Waals surface area contributed by atoms with Crippen LogP contribution in [0.4, 0.5) is 0 Å². The molecule has 0 fully saturated rings. The van der Waals surface area contributed by atoms with Crippen molar-refractivity contribution in [1.82, 2.24) is 4.98 Å². The molecule has 4 heteroatoms. The van der Waals surface area contributed by atoms with E-state index in [1.165, 1.54) is 25.7 Å². The van der Waals surface area contributed by atoms with Crippen molar-refractivity contribution in [1.29, 1.82) is 0 Å². The smallest absolute Gasteiger partial charge is 0.171 e. The van der Waals surface area contributed by atoms with Crippen molar-refractivity contribution in [2.24, 2.45) is 0 Å². The summed E-state index contributed by atoms with van der Waals surface area (Å²) in [6.07, 6.45) is 6.47. The van der Waals surface area contributed by atoms with Gasteiger partial charge in [-0.25, -0.2) is 0 Å². The van der Waals surface area contributed by atoms with Crippen LogP contribution in [0, 0.1) is 0 Å². The third kappa shape index (κ3) is 3.62. The van der Waals surface area contributed by atoms with E-state index in [0.717, 1.165) is 45.7 Å². The van der Waals surface area contributed by atoms with Gasteiger partial charge in [0, 0.05) is 48.2 Å². The van der Waals surface area contributed by atoms with Crippen molar-refractivity contribution in [2.45, 2.75) is 12.8 Å². The standard InChI is InChI=1S/C33H24NOPS/c35-36(24-11-3-1-4-12-24,25-13-5-2-6-14-25)26-21-19-23(20-22-26)32-33-31(27-15-7-9-17-29(27)34-32)28-16-8-10-18-30(28)37-33/h1-8,10-16,18-22H,9,17H2. The van der Waals surface area contributed by atoms with E-state index in [4.69, 9.17) is 4.98 Å². The van der Waals surface area contributed by atoms with Gasteiger partial charge in [0.1, 0.15) is 0 Å². The van der Waals surface area contributed by atoms with Crippen molar-refractivity contribution >= 4 is 60.6 Å². The van der Waals surface area contributed by atoms with Crippen LogP contribution in [-0.2, 0) is 11.0 Å². The Balaban J connectivity index is 1.42. The van der Waals surface area contributed by atoms with Gasteiger partial charge in [-0.2, -0.15) is 0 Å². The number of aryl methyl sites for hydroxylation is 1. The zero-order chi connectivity index (χ0) is 24.8. The molecule has 2 nitrogen and oxygen atoms in total. The maximum atomic E-state index is 14.8. The summed E-state index contributed by atoms with van der Waals surface area (Å²) >= 11 is 1.81. The summed E-state index contributed by atoms with van der Waals surface area (Å²) in [6, 6.07) is 36.6. The SMILES string of the molecule is O=P(c1ccccc1)(c1ccccc1)c1ccc(-c2nc3c(c4c2sc2ccccc24)C=CCC3)cc1. The van der Waals surface area contributed by atoms with Crippen LogP contribution in [-0.4, -0.2) is 4.98 Å². The summed E-state index contributed by atoms with van der Waals surface area (Å²) in [5, 5.41) is 5.13. The molecule has 2 aromatic heterocycles. The highest BCUT2D eigenvalue weighted by Gasteiger charge is 2.29. The van der Waals surface area contributed by atoms with Crippen molar-refractivity contribution in [3.63, 3.8) is 0 Å². The second-order valence-corrected chi connectivity index (χ2v) is 13.2. The van der Waals surface area contributed by atoms with Gasteiger partial charge in [0.15, 0.2) is 7.14 Å².